The molecule has 1 atom stereocenters. The predicted octanol–water partition coefficient (Wildman–Crippen LogP) is 3.54. The Hall–Kier alpha value is -1.78. The number of halogens is 1. The molecule has 0 radical (unpaired) electrons. The van der Waals surface area contributed by atoms with Gasteiger partial charge in [-0.15, -0.1) is 0 Å². The fourth-order valence-corrected chi connectivity index (χ4v) is 3.10. The minimum atomic E-state index is -0.358. The molecule has 1 fully saturated rings. The molecule has 3 rings (SSSR count). The molecule has 1 aliphatic heterocycles. The summed E-state index contributed by atoms with van der Waals surface area (Å²) in [4.78, 5) is 6.33. The SMILES string of the molecule is CC(c1cccc(-c2cc(CO)ncc2F)c1)N1CCCC1. The first-order chi connectivity index (χ1) is 10.7. The van der Waals surface area contributed by atoms with Crippen LogP contribution in [0.4, 0.5) is 4.39 Å². The molecule has 1 aromatic heterocycles. The summed E-state index contributed by atoms with van der Waals surface area (Å²) in [7, 11) is 0. The molecule has 0 spiro atoms. The third-order valence-electron chi connectivity index (χ3n) is 4.44. The molecule has 0 amide bonds. The molecule has 1 aliphatic rings. The highest BCUT2D eigenvalue weighted by molar-refractivity contribution is 5.65. The number of hydrogen-bond acceptors (Lipinski definition) is 3. The van der Waals surface area contributed by atoms with Gasteiger partial charge in [-0.1, -0.05) is 18.2 Å². The number of benzene rings is 1. The lowest BCUT2D eigenvalue weighted by atomic mass is 9.99. The van der Waals surface area contributed by atoms with Crippen LogP contribution in [-0.2, 0) is 6.61 Å². The van der Waals surface area contributed by atoms with Gasteiger partial charge in [0.25, 0.3) is 0 Å². The van der Waals surface area contributed by atoms with Gasteiger partial charge >= 0.3 is 0 Å². The maximum Gasteiger partial charge on any atom is 0.149 e. The number of likely N-dealkylation sites (tertiary alicyclic amines) is 1. The topological polar surface area (TPSA) is 36.4 Å². The van der Waals surface area contributed by atoms with Gasteiger partial charge in [-0.2, -0.15) is 0 Å². The maximum absolute atomic E-state index is 14.1. The summed E-state index contributed by atoms with van der Waals surface area (Å²) >= 11 is 0. The summed E-state index contributed by atoms with van der Waals surface area (Å²) in [5, 5.41) is 9.19. The van der Waals surface area contributed by atoms with Crippen LogP contribution in [-0.4, -0.2) is 28.1 Å². The van der Waals surface area contributed by atoms with Crippen LogP contribution in [0.3, 0.4) is 0 Å². The van der Waals surface area contributed by atoms with Crippen LogP contribution < -0.4 is 0 Å². The minimum Gasteiger partial charge on any atom is -0.390 e. The van der Waals surface area contributed by atoms with Crippen LogP contribution in [0.5, 0.6) is 0 Å². The summed E-state index contributed by atoms with van der Waals surface area (Å²) in [5.41, 5.74) is 3.00. The molecule has 3 nitrogen and oxygen atoms in total. The van der Waals surface area contributed by atoms with E-state index in [4.69, 9.17) is 0 Å². The van der Waals surface area contributed by atoms with Crippen molar-refractivity contribution in [3.05, 3.63) is 53.6 Å². The molecule has 2 aromatic rings. The van der Waals surface area contributed by atoms with Crippen molar-refractivity contribution in [1.29, 1.82) is 0 Å². The van der Waals surface area contributed by atoms with Crippen LogP contribution in [0.15, 0.2) is 36.5 Å². The molecule has 22 heavy (non-hydrogen) atoms. The molecule has 0 bridgehead atoms. The largest absolute Gasteiger partial charge is 0.390 e. The molecule has 1 N–H and O–H groups in total. The quantitative estimate of drug-likeness (QED) is 0.938. The number of aromatic nitrogens is 1. The van der Waals surface area contributed by atoms with Gasteiger partial charge in [-0.05, 0) is 56.1 Å². The highest BCUT2D eigenvalue weighted by Gasteiger charge is 2.20. The first kappa shape index (κ1) is 15.1. The summed E-state index contributed by atoms with van der Waals surface area (Å²) in [6.45, 7) is 4.27. The van der Waals surface area contributed by atoms with E-state index in [2.05, 4.69) is 22.9 Å². The van der Waals surface area contributed by atoms with E-state index in [1.807, 2.05) is 18.2 Å². The van der Waals surface area contributed by atoms with Crippen molar-refractivity contribution >= 4 is 0 Å². The lowest BCUT2D eigenvalue weighted by Crippen LogP contribution is -2.23. The number of hydrogen-bond donors (Lipinski definition) is 1. The van der Waals surface area contributed by atoms with E-state index >= 15 is 0 Å². The standard InChI is InChI=1S/C18H21FN2O/c1-13(21-7-2-3-8-21)14-5-4-6-15(9-14)17-10-16(12-22)20-11-18(17)19/h4-6,9-11,13,22H,2-3,7-8,12H2,1H3. The van der Waals surface area contributed by atoms with E-state index in [-0.39, 0.29) is 12.4 Å². The summed E-state index contributed by atoms with van der Waals surface area (Å²) in [6, 6.07) is 9.97. The van der Waals surface area contributed by atoms with Crippen molar-refractivity contribution in [3.8, 4) is 11.1 Å². The van der Waals surface area contributed by atoms with Gasteiger partial charge < -0.3 is 5.11 Å². The monoisotopic (exact) mass is 300 g/mol. The first-order valence-electron chi connectivity index (χ1n) is 7.78. The number of aliphatic hydroxyl groups excluding tert-OH is 1. The molecule has 2 heterocycles. The lowest BCUT2D eigenvalue weighted by Gasteiger charge is -2.24. The molecule has 116 valence electrons. The molecule has 0 aliphatic carbocycles. The van der Waals surface area contributed by atoms with E-state index in [1.165, 1.54) is 24.6 Å². The molecule has 0 saturated carbocycles. The zero-order chi connectivity index (χ0) is 15.5. The minimum absolute atomic E-state index is 0.183. The number of pyridine rings is 1. The van der Waals surface area contributed by atoms with Gasteiger partial charge in [-0.25, -0.2) is 4.39 Å². The molecule has 4 heteroatoms. The van der Waals surface area contributed by atoms with Crippen molar-refractivity contribution in [2.24, 2.45) is 0 Å². The van der Waals surface area contributed by atoms with E-state index in [1.54, 1.807) is 6.07 Å². The fourth-order valence-electron chi connectivity index (χ4n) is 3.10. The molecular weight excluding hydrogens is 279 g/mol. The van der Waals surface area contributed by atoms with Crippen LogP contribution in [0.1, 0.15) is 37.1 Å². The zero-order valence-corrected chi connectivity index (χ0v) is 12.8. The second-order valence-electron chi connectivity index (χ2n) is 5.86. The molecular formula is C18H21FN2O. The highest BCUT2D eigenvalue weighted by atomic mass is 19.1. The summed E-state index contributed by atoms with van der Waals surface area (Å²) < 4.78 is 14.1. The summed E-state index contributed by atoms with van der Waals surface area (Å²) in [6.07, 6.45) is 3.68. The Bertz CT molecular complexity index is 653. The fraction of sp³-hybridized carbons (Fsp3) is 0.389. The Morgan fingerprint density at radius 3 is 2.77 bits per heavy atom. The average molecular weight is 300 g/mol. The molecule has 1 unspecified atom stereocenters. The average Bonchev–Trinajstić information content (AvgIpc) is 3.09. The van der Waals surface area contributed by atoms with E-state index < -0.39 is 0 Å². The van der Waals surface area contributed by atoms with E-state index in [0.717, 1.165) is 18.7 Å². The highest BCUT2D eigenvalue weighted by Crippen LogP contribution is 2.29. The van der Waals surface area contributed by atoms with Crippen molar-refractivity contribution in [1.82, 2.24) is 9.88 Å². The third kappa shape index (κ3) is 3.03. The Balaban J connectivity index is 1.93. The van der Waals surface area contributed by atoms with Gasteiger partial charge in [0.1, 0.15) is 5.82 Å². The van der Waals surface area contributed by atoms with Crippen LogP contribution in [0.2, 0.25) is 0 Å². The van der Waals surface area contributed by atoms with Gasteiger partial charge in [0.15, 0.2) is 0 Å². The van der Waals surface area contributed by atoms with Crippen molar-refractivity contribution in [2.45, 2.75) is 32.4 Å². The molecule has 1 saturated heterocycles. The third-order valence-corrected chi connectivity index (χ3v) is 4.44. The van der Waals surface area contributed by atoms with E-state index in [9.17, 15) is 9.50 Å². The number of nitrogens with zero attached hydrogens (tertiary/aromatic N) is 2. The van der Waals surface area contributed by atoms with Crippen molar-refractivity contribution < 1.29 is 9.50 Å². The Kier molecular flexibility index (Phi) is 4.50. The smallest absolute Gasteiger partial charge is 0.149 e. The predicted molar refractivity (Wildman–Crippen MR) is 84.8 cm³/mol. The van der Waals surface area contributed by atoms with Crippen LogP contribution in [0, 0.1) is 5.82 Å². The van der Waals surface area contributed by atoms with Gasteiger partial charge in [0.2, 0.25) is 0 Å². The van der Waals surface area contributed by atoms with Gasteiger partial charge in [-0.3, -0.25) is 9.88 Å². The normalized spacial score (nSPS) is 16.9. The second kappa shape index (κ2) is 6.55. The van der Waals surface area contributed by atoms with Gasteiger partial charge in [0, 0.05) is 11.6 Å². The maximum atomic E-state index is 14.1. The number of rotatable bonds is 4. The van der Waals surface area contributed by atoms with Crippen molar-refractivity contribution in [3.63, 3.8) is 0 Å². The van der Waals surface area contributed by atoms with E-state index in [0.29, 0.717) is 17.3 Å². The first-order valence-corrected chi connectivity index (χ1v) is 7.78. The van der Waals surface area contributed by atoms with Gasteiger partial charge in [0.05, 0.1) is 18.5 Å². The van der Waals surface area contributed by atoms with Crippen LogP contribution >= 0.6 is 0 Å². The second-order valence-corrected chi connectivity index (χ2v) is 5.86. The summed E-state index contributed by atoms with van der Waals surface area (Å²) in [5.74, 6) is -0.358. The Labute approximate surface area is 130 Å². The van der Waals surface area contributed by atoms with Crippen LogP contribution in [0.25, 0.3) is 11.1 Å². The molecule has 1 aromatic carbocycles. The Morgan fingerprint density at radius 2 is 2.05 bits per heavy atom. The Morgan fingerprint density at radius 1 is 1.27 bits per heavy atom. The van der Waals surface area contributed by atoms with Crippen molar-refractivity contribution in [2.75, 3.05) is 13.1 Å². The number of aliphatic hydroxyl groups is 1. The zero-order valence-electron chi connectivity index (χ0n) is 12.8. The lowest BCUT2D eigenvalue weighted by molar-refractivity contribution is 0.263.